The number of carbonyl (C=O) groups is 11. The highest BCUT2D eigenvalue weighted by Crippen LogP contribution is 2.10. The third-order valence-electron chi connectivity index (χ3n) is 10.6. The minimum atomic E-state index is -1.28. The number of aliphatic carboxylic acids is 1. The number of hydrogen-bond donors (Lipinski definition) is 9. The maximum absolute atomic E-state index is 12.6. The molecule has 24 heteroatoms. The summed E-state index contributed by atoms with van der Waals surface area (Å²) >= 11 is 0. The Labute approximate surface area is 400 Å². The first-order valence-electron chi connectivity index (χ1n) is 23.1. The van der Waals surface area contributed by atoms with Gasteiger partial charge in [-0.05, 0) is 101 Å². The van der Waals surface area contributed by atoms with E-state index in [1.165, 1.54) is 31.2 Å². The highest BCUT2D eigenvalue weighted by atomic mass is 16.5. The number of carbonyl (C=O) groups excluding carboxylic acids is 10. The van der Waals surface area contributed by atoms with Crippen LogP contribution in [0.5, 0.6) is 0 Å². The van der Waals surface area contributed by atoms with E-state index in [1.54, 1.807) is 0 Å². The Morgan fingerprint density at radius 1 is 0.536 bits per heavy atom. The second-order valence-electron chi connectivity index (χ2n) is 16.2. The van der Waals surface area contributed by atoms with Gasteiger partial charge in [-0.2, -0.15) is 0 Å². The SMILES string of the molecule is CC(=O)N(O)CCCCCNC(=O)CCC(=O)N(O)CCCCCNC(=O)CCC(=O)N(O)CCCCCNC(=O)c1ccc(C(=O)NCC(=O)N[C@@H](CCCCN2C(=O)C=CC2=O)C(=O)O)cc1. The van der Waals surface area contributed by atoms with Crippen molar-refractivity contribution >= 4 is 65.0 Å². The molecule has 382 valence electrons. The third-order valence-corrected chi connectivity index (χ3v) is 10.6. The minimum Gasteiger partial charge on any atom is -0.480 e. The summed E-state index contributed by atoms with van der Waals surface area (Å²) < 4.78 is 0. The van der Waals surface area contributed by atoms with Gasteiger partial charge in [0, 0.05) is 102 Å². The normalized spacial score (nSPS) is 12.2. The van der Waals surface area contributed by atoms with Crippen LogP contribution in [-0.4, -0.2) is 164 Å². The van der Waals surface area contributed by atoms with Crippen molar-refractivity contribution in [2.45, 2.75) is 116 Å². The lowest BCUT2D eigenvalue weighted by molar-refractivity contribution is -0.166. The average Bonchev–Trinajstić information content (AvgIpc) is 3.65. The van der Waals surface area contributed by atoms with Crippen molar-refractivity contribution in [3.8, 4) is 0 Å². The molecule has 0 saturated carbocycles. The summed E-state index contributed by atoms with van der Waals surface area (Å²) in [7, 11) is 0. The Balaban J connectivity index is 1.49. The van der Waals surface area contributed by atoms with Crippen molar-refractivity contribution in [2.75, 3.05) is 52.4 Å². The summed E-state index contributed by atoms with van der Waals surface area (Å²) in [5.74, 6) is -6.30. The molecule has 1 aliphatic heterocycles. The number of nitrogens with one attached hydrogen (secondary N) is 5. The number of carboxylic acids is 1. The average molecular weight is 974 g/mol. The molecule has 10 amide bonds. The molecule has 9 N–H and O–H groups in total. The van der Waals surface area contributed by atoms with Gasteiger partial charge < -0.3 is 31.7 Å². The van der Waals surface area contributed by atoms with Crippen LogP contribution >= 0.6 is 0 Å². The second-order valence-corrected chi connectivity index (χ2v) is 16.2. The molecule has 0 unspecified atom stereocenters. The molecule has 1 aromatic rings. The fraction of sp³-hybridized carbons (Fsp3) is 0.578. The van der Waals surface area contributed by atoms with E-state index >= 15 is 0 Å². The van der Waals surface area contributed by atoms with E-state index in [-0.39, 0.29) is 81.2 Å². The molecule has 2 rings (SSSR count). The van der Waals surface area contributed by atoms with E-state index in [0.717, 1.165) is 17.1 Å². The number of hydrogen-bond acceptors (Lipinski definition) is 14. The number of rotatable bonds is 35. The summed E-state index contributed by atoms with van der Waals surface area (Å²) in [6, 6.07) is 4.38. The van der Waals surface area contributed by atoms with Gasteiger partial charge in [-0.25, -0.2) is 20.0 Å². The summed E-state index contributed by atoms with van der Waals surface area (Å²) in [4.78, 5) is 133. The highest BCUT2D eigenvalue weighted by molar-refractivity contribution is 6.12. The summed E-state index contributed by atoms with van der Waals surface area (Å²) in [5, 5.41) is 53.5. The maximum atomic E-state index is 12.6. The highest BCUT2D eigenvalue weighted by Gasteiger charge is 2.24. The van der Waals surface area contributed by atoms with E-state index in [1.807, 2.05) is 0 Å². The van der Waals surface area contributed by atoms with Crippen LogP contribution in [0.2, 0.25) is 0 Å². The van der Waals surface area contributed by atoms with Crippen LogP contribution in [0.15, 0.2) is 36.4 Å². The fourth-order valence-electron chi connectivity index (χ4n) is 6.54. The summed E-state index contributed by atoms with van der Waals surface area (Å²) in [6.07, 6.45) is 7.42. The molecule has 0 bridgehead atoms. The molecule has 1 atom stereocenters. The molecule has 1 aliphatic rings. The van der Waals surface area contributed by atoms with E-state index in [4.69, 9.17) is 0 Å². The number of hydroxylamine groups is 6. The van der Waals surface area contributed by atoms with Crippen LogP contribution in [0, 0.1) is 0 Å². The van der Waals surface area contributed by atoms with Gasteiger partial charge in [0.1, 0.15) is 6.04 Å². The molecular weight excluding hydrogens is 907 g/mol. The zero-order valence-corrected chi connectivity index (χ0v) is 39.1. The number of benzene rings is 1. The van der Waals surface area contributed by atoms with Gasteiger partial charge in [0.2, 0.25) is 35.4 Å². The van der Waals surface area contributed by atoms with E-state index in [0.29, 0.717) is 105 Å². The molecule has 0 aliphatic carbocycles. The largest absolute Gasteiger partial charge is 0.480 e. The Kier molecular flexibility index (Phi) is 27.8. The smallest absolute Gasteiger partial charge is 0.326 e. The molecule has 1 heterocycles. The van der Waals surface area contributed by atoms with Crippen LogP contribution in [-0.2, 0) is 43.2 Å². The Morgan fingerprint density at radius 3 is 1.42 bits per heavy atom. The molecule has 0 saturated heterocycles. The second kappa shape index (κ2) is 32.8. The monoisotopic (exact) mass is 973 g/mol. The van der Waals surface area contributed by atoms with Crippen LogP contribution in [0.4, 0.5) is 0 Å². The third kappa shape index (κ3) is 24.7. The topological polar surface area (TPSA) is 342 Å². The molecule has 0 radical (unpaired) electrons. The van der Waals surface area contributed by atoms with Gasteiger partial charge in [-0.1, -0.05) is 0 Å². The lowest BCUT2D eigenvalue weighted by atomic mass is 10.1. The van der Waals surface area contributed by atoms with Crippen LogP contribution in [0.3, 0.4) is 0 Å². The number of imide groups is 1. The molecule has 69 heavy (non-hydrogen) atoms. The first kappa shape index (κ1) is 58.3. The van der Waals surface area contributed by atoms with Gasteiger partial charge >= 0.3 is 5.97 Å². The minimum absolute atomic E-state index is 0.0271. The fourth-order valence-corrected chi connectivity index (χ4v) is 6.54. The van der Waals surface area contributed by atoms with Crippen molar-refractivity contribution in [3.63, 3.8) is 0 Å². The Bertz CT molecular complexity index is 1930. The number of carboxylic acid groups (broad SMARTS) is 1. The number of amides is 10. The Morgan fingerprint density at radius 2 is 0.971 bits per heavy atom. The van der Waals surface area contributed by atoms with Crippen molar-refractivity contribution in [1.82, 2.24) is 46.7 Å². The molecule has 0 fully saturated rings. The zero-order chi connectivity index (χ0) is 51.1. The number of unbranched alkanes of at least 4 members (excludes halogenated alkanes) is 7. The summed E-state index contributed by atoms with van der Waals surface area (Å²) in [5.41, 5.74) is 0.418. The van der Waals surface area contributed by atoms with Crippen molar-refractivity contribution in [1.29, 1.82) is 0 Å². The van der Waals surface area contributed by atoms with Crippen molar-refractivity contribution in [3.05, 3.63) is 47.5 Å². The zero-order valence-electron chi connectivity index (χ0n) is 39.1. The first-order valence-corrected chi connectivity index (χ1v) is 23.1. The van der Waals surface area contributed by atoms with Gasteiger partial charge in [0.05, 0.1) is 6.54 Å². The van der Waals surface area contributed by atoms with Gasteiger partial charge in [-0.15, -0.1) is 0 Å². The van der Waals surface area contributed by atoms with Crippen molar-refractivity contribution in [2.24, 2.45) is 0 Å². The van der Waals surface area contributed by atoms with Crippen molar-refractivity contribution < 1.29 is 73.5 Å². The summed E-state index contributed by atoms with van der Waals surface area (Å²) in [6.45, 7) is 2.14. The molecule has 24 nitrogen and oxygen atoms in total. The van der Waals surface area contributed by atoms with Crippen LogP contribution < -0.4 is 26.6 Å². The Hall–Kier alpha value is -6.79. The van der Waals surface area contributed by atoms with E-state index in [9.17, 15) is 73.5 Å². The quantitative estimate of drug-likeness (QED) is 0.0197. The van der Waals surface area contributed by atoms with Gasteiger partial charge in [-0.3, -0.25) is 68.5 Å². The molecular formula is C45H67N9O15. The van der Waals surface area contributed by atoms with E-state index in [2.05, 4.69) is 26.6 Å². The predicted octanol–water partition coefficient (Wildman–Crippen LogP) is 0.788. The van der Waals surface area contributed by atoms with Gasteiger partial charge in [0.25, 0.3) is 23.6 Å². The number of nitrogens with zero attached hydrogens (tertiary/aromatic N) is 4. The molecule has 0 aromatic heterocycles. The van der Waals surface area contributed by atoms with Crippen LogP contribution in [0.1, 0.15) is 130 Å². The maximum Gasteiger partial charge on any atom is 0.326 e. The predicted molar refractivity (Wildman–Crippen MR) is 243 cm³/mol. The lowest BCUT2D eigenvalue weighted by Crippen LogP contribution is -2.45. The first-order chi connectivity index (χ1) is 32.9. The standard InChI is InChI=1S/C45H67N9O15/c1-32(55)52(67)28-9-2-6-24-46-36(56)18-20-41(61)53(68)29-10-3-7-25-47-37(57)19-21-42(62)54(69)30-11-4-8-26-48-43(63)33-14-16-34(17-15-33)44(64)49-31-38(58)50-35(45(65)66)13-5-12-27-51-39(59)22-23-40(51)60/h14-17,22-23,35,67-69H,2-13,18-21,24-31H2,1H3,(H,46,56)(H,47,57)(H,48,63)(H,49,64)(H,50,58)(H,65,66)/t35-/m0/s1. The van der Waals surface area contributed by atoms with E-state index < -0.39 is 65.8 Å². The van der Waals surface area contributed by atoms with Gasteiger partial charge in [0.15, 0.2) is 0 Å². The molecule has 0 spiro atoms. The molecule has 1 aromatic carbocycles. The van der Waals surface area contributed by atoms with Crippen LogP contribution in [0.25, 0.3) is 0 Å². The lowest BCUT2D eigenvalue weighted by Gasteiger charge is -2.16.